The number of fused-ring (bicyclic) bond motifs is 1. The molecule has 1 heterocycles. The highest BCUT2D eigenvalue weighted by atomic mass is 35.5. The van der Waals surface area contributed by atoms with Crippen LogP contribution in [0, 0.1) is 20.8 Å². The first kappa shape index (κ1) is 19.8. The van der Waals surface area contributed by atoms with E-state index in [-0.39, 0.29) is 12.2 Å². The van der Waals surface area contributed by atoms with Crippen LogP contribution < -0.4 is 5.56 Å². The van der Waals surface area contributed by atoms with Gasteiger partial charge in [-0.1, -0.05) is 29.8 Å². The van der Waals surface area contributed by atoms with Crippen LogP contribution in [-0.2, 0) is 9.53 Å². The Kier molecular flexibility index (Phi) is 5.66. The molecular formula is C22H21ClN2O3. The lowest BCUT2D eigenvalue weighted by molar-refractivity contribution is -0.137. The minimum atomic E-state index is -0.464. The van der Waals surface area contributed by atoms with Gasteiger partial charge in [0, 0.05) is 11.1 Å². The third-order valence-electron chi connectivity index (χ3n) is 4.50. The summed E-state index contributed by atoms with van der Waals surface area (Å²) < 4.78 is 6.51. The summed E-state index contributed by atoms with van der Waals surface area (Å²) >= 11 is 6.32. The fraction of sp³-hybridized carbons (Fsp3) is 0.227. The molecule has 3 aromatic rings. The highest BCUT2D eigenvalue weighted by Crippen LogP contribution is 2.25. The van der Waals surface area contributed by atoms with Crippen LogP contribution in [0.15, 0.2) is 41.2 Å². The second-order valence-electron chi connectivity index (χ2n) is 6.52. The molecule has 0 atom stereocenters. The normalized spacial score (nSPS) is 11.3. The first-order valence-corrected chi connectivity index (χ1v) is 9.35. The Morgan fingerprint density at radius 3 is 2.54 bits per heavy atom. The van der Waals surface area contributed by atoms with Gasteiger partial charge in [0.2, 0.25) is 0 Å². The summed E-state index contributed by atoms with van der Waals surface area (Å²) in [7, 11) is 0. The molecule has 1 aromatic heterocycles. The summed E-state index contributed by atoms with van der Waals surface area (Å²) in [6, 6.07) is 9.19. The van der Waals surface area contributed by atoms with Gasteiger partial charge in [0.1, 0.15) is 5.82 Å². The van der Waals surface area contributed by atoms with Crippen LogP contribution in [0.5, 0.6) is 0 Å². The Morgan fingerprint density at radius 1 is 1.21 bits per heavy atom. The molecule has 0 aliphatic carbocycles. The number of carbonyl (C=O) groups is 1. The fourth-order valence-electron chi connectivity index (χ4n) is 3.23. The summed E-state index contributed by atoms with van der Waals surface area (Å²) in [6.45, 7) is 7.76. The molecule has 0 amide bonds. The van der Waals surface area contributed by atoms with Crippen LogP contribution in [0.4, 0.5) is 0 Å². The Morgan fingerprint density at radius 2 is 1.89 bits per heavy atom. The van der Waals surface area contributed by atoms with E-state index in [9.17, 15) is 9.59 Å². The average Bonchev–Trinajstić information content (AvgIpc) is 2.63. The summed E-state index contributed by atoms with van der Waals surface area (Å²) in [5.41, 5.74) is 3.70. The molecule has 5 nitrogen and oxygen atoms in total. The van der Waals surface area contributed by atoms with Crippen LogP contribution in [0.25, 0.3) is 22.7 Å². The average molecular weight is 397 g/mol. The quantitative estimate of drug-likeness (QED) is 0.479. The minimum absolute atomic E-state index is 0.178. The van der Waals surface area contributed by atoms with Gasteiger partial charge in [0.25, 0.3) is 5.56 Å². The second-order valence-corrected chi connectivity index (χ2v) is 6.92. The molecule has 6 heteroatoms. The number of hydrogen-bond donors (Lipinski definition) is 0. The maximum absolute atomic E-state index is 13.3. The molecular weight excluding hydrogens is 376 g/mol. The van der Waals surface area contributed by atoms with Crippen molar-refractivity contribution in [1.82, 2.24) is 9.55 Å². The van der Waals surface area contributed by atoms with Gasteiger partial charge in [0.05, 0.1) is 23.2 Å². The maximum atomic E-state index is 13.3. The Balaban J connectivity index is 2.23. The topological polar surface area (TPSA) is 61.2 Å². The lowest BCUT2D eigenvalue weighted by Crippen LogP contribution is -2.24. The Bertz CT molecular complexity index is 1140. The number of halogens is 1. The smallest absolute Gasteiger partial charge is 0.330 e. The predicted octanol–water partition coefficient (Wildman–Crippen LogP) is 4.54. The van der Waals surface area contributed by atoms with Crippen molar-refractivity contribution in [3.63, 3.8) is 0 Å². The molecule has 0 aliphatic heterocycles. The molecule has 0 unspecified atom stereocenters. The van der Waals surface area contributed by atoms with Crippen molar-refractivity contribution in [2.45, 2.75) is 27.7 Å². The standard InChI is InChI=1S/C22H21ClN2O3/c1-5-28-20(26)10-9-16-11-17-19(12-18(16)23)24-15(4)25(22(17)27)21-13(2)7-6-8-14(21)3/h6-12H,5H2,1-4H3. The maximum Gasteiger partial charge on any atom is 0.330 e. The fourth-order valence-corrected chi connectivity index (χ4v) is 3.45. The zero-order valence-electron chi connectivity index (χ0n) is 16.2. The number of benzene rings is 2. The van der Waals surface area contributed by atoms with Gasteiger partial charge in [-0.2, -0.15) is 0 Å². The van der Waals surface area contributed by atoms with E-state index >= 15 is 0 Å². The molecule has 0 radical (unpaired) electrons. The summed E-state index contributed by atoms with van der Waals surface area (Å²) in [5, 5.41) is 0.838. The molecule has 0 spiro atoms. The van der Waals surface area contributed by atoms with E-state index in [2.05, 4.69) is 4.98 Å². The van der Waals surface area contributed by atoms with Gasteiger partial charge in [-0.05, 0) is 62.6 Å². The van der Waals surface area contributed by atoms with Gasteiger partial charge < -0.3 is 4.74 Å². The Labute approximate surface area is 168 Å². The number of nitrogens with zero attached hydrogens (tertiary/aromatic N) is 2. The van der Waals surface area contributed by atoms with E-state index in [1.807, 2.05) is 32.0 Å². The van der Waals surface area contributed by atoms with Crippen molar-refractivity contribution >= 4 is 34.5 Å². The molecule has 0 aliphatic rings. The monoisotopic (exact) mass is 396 g/mol. The molecule has 2 aromatic carbocycles. The number of carbonyl (C=O) groups excluding carboxylic acids is 1. The Hall–Kier alpha value is -2.92. The highest BCUT2D eigenvalue weighted by Gasteiger charge is 2.15. The zero-order chi connectivity index (χ0) is 20.4. The van der Waals surface area contributed by atoms with Crippen molar-refractivity contribution in [3.05, 3.63) is 74.3 Å². The number of para-hydroxylation sites is 1. The lowest BCUT2D eigenvalue weighted by atomic mass is 10.1. The number of hydrogen-bond acceptors (Lipinski definition) is 4. The van der Waals surface area contributed by atoms with Gasteiger partial charge in [0.15, 0.2) is 0 Å². The molecule has 0 bridgehead atoms. The van der Waals surface area contributed by atoms with E-state index in [0.29, 0.717) is 27.3 Å². The van der Waals surface area contributed by atoms with Crippen LogP contribution in [0.2, 0.25) is 5.02 Å². The van der Waals surface area contributed by atoms with Gasteiger partial charge >= 0.3 is 5.97 Å². The van der Waals surface area contributed by atoms with E-state index in [1.165, 1.54) is 6.08 Å². The van der Waals surface area contributed by atoms with Gasteiger partial charge in [-0.25, -0.2) is 9.78 Å². The molecule has 0 fully saturated rings. The van der Waals surface area contributed by atoms with Crippen molar-refractivity contribution in [2.75, 3.05) is 6.61 Å². The van der Waals surface area contributed by atoms with Crippen molar-refractivity contribution in [2.24, 2.45) is 0 Å². The predicted molar refractivity (Wildman–Crippen MR) is 112 cm³/mol. The number of aromatic nitrogens is 2. The number of rotatable bonds is 4. The van der Waals surface area contributed by atoms with Crippen LogP contribution in [-0.4, -0.2) is 22.1 Å². The number of esters is 1. The van der Waals surface area contributed by atoms with E-state index < -0.39 is 5.97 Å². The third-order valence-corrected chi connectivity index (χ3v) is 4.83. The number of ether oxygens (including phenoxy) is 1. The third kappa shape index (κ3) is 3.71. The SMILES string of the molecule is CCOC(=O)C=Cc1cc2c(=O)n(-c3c(C)cccc3C)c(C)nc2cc1Cl. The highest BCUT2D eigenvalue weighted by molar-refractivity contribution is 6.32. The van der Waals surface area contributed by atoms with Crippen molar-refractivity contribution in [1.29, 1.82) is 0 Å². The van der Waals surface area contributed by atoms with Crippen LogP contribution in [0.3, 0.4) is 0 Å². The van der Waals surface area contributed by atoms with Gasteiger partial charge in [-0.3, -0.25) is 9.36 Å². The summed E-state index contributed by atoms with van der Waals surface area (Å²) in [4.78, 5) is 29.5. The number of aryl methyl sites for hydroxylation is 3. The van der Waals surface area contributed by atoms with Crippen LogP contribution in [0.1, 0.15) is 29.4 Å². The van der Waals surface area contributed by atoms with Gasteiger partial charge in [-0.15, -0.1) is 0 Å². The molecule has 144 valence electrons. The van der Waals surface area contributed by atoms with Crippen molar-refractivity contribution < 1.29 is 9.53 Å². The van der Waals surface area contributed by atoms with E-state index in [0.717, 1.165) is 16.8 Å². The van der Waals surface area contributed by atoms with Crippen molar-refractivity contribution in [3.8, 4) is 5.69 Å². The first-order valence-electron chi connectivity index (χ1n) is 8.97. The second kappa shape index (κ2) is 7.98. The summed E-state index contributed by atoms with van der Waals surface area (Å²) in [5.74, 6) is 0.120. The zero-order valence-corrected chi connectivity index (χ0v) is 17.0. The van der Waals surface area contributed by atoms with Crippen LogP contribution >= 0.6 is 11.6 Å². The van der Waals surface area contributed by atoms with E-state index in [4.69, 9.17) is 16.3 Å². The molecule has 28 heavy (non-hydrogen) atoms. The molecule has 3 rings (SSSR count). The molecule has 0 saturated heterocycles. The lowest BCUT2D eigenvalue weighted by Gasteiger charge is -2.16. The summed E-state index contributed by atoms with van der Waals surface area (Å²) in [6.07, 6.45) is 2.84. The minimum Gasteiger partial charge on any atom is -0.463 e. The molecule has 0 saturated carbocycles. The largest absolute Gasteiger partial charge is 0.463 e. The van der Waals surface area contributed by atoms with E-state index in [1.54, 1.807) is 36.6 Å². The molecule has 0 N–H and O–H groups in total. The first-order chi connectivity index (χ1) is 13.3.